The average molecular weight is 307 g/mol. The zero-order valence-electron chi connectivity index (χ0n) is 11.5. The minimum atomic E-state index is -4.39. The maximum atomic E-state index is 12.0. The van der Waals surface area contributed by atoms with Crippen LogP contribution in [0.4, 0.5) is 19.0 Å². The van der Waals surface area contributed by atoms with E-state index in [1.165, 1.54) is 6.07 Å². The van der Waals surface area contributed by atoms with Gasteiger partial charge in [0.2, 0.25) is 5.88 Å². The lowest BCUT2D eigenvalue weighted by atomic mass is 10.3. The zero-order valence-corrected chi connectivity index (χ0v) is 11.5. The van der Waals surface area contributed by atoms with Crippen LogP contribution in [0.15, 0.2) is 12.1 Å². The SMILES string of the molecule is COCC1CN(c2ccc(OCC(F)(F)F)nn2)CCO1. The summed E-state index contributed by atoms with van der Waals surface area (Å²) in [6, 6.07) is 2.95. The van der Waals surface area contributed by atoms with Gasteiger partial charge in [-0.15, -0.1) is 10.2 Å². The van der Waals surface area contributed by atoms with Gasteiger partial charge in [-0.05, 0) is 6.07 Å². The van der Waals surface area contributed by atoms with Crippen LogP contribution < -0.4 is 9.64 Å². The molecule has 1 aliphatic rings. The van der Waals surface area contributed by atoms with Crippen LogP contribution >= 0.6 is 0 Å². The van der Waals surface area contributed by atoms with Crippen LogP contribution in [0.25, 0.3) is 0 Å². The Balaban J connectivity index is 1.92. The fourth-order valence-corrected chi connectivity index (χ4v) is 1.93. The van der Waals surface area contributed by atoms with E-state index in [1.54, 1.807) is 13.2 Å². The molecular formula is C12H16F3N3O3. The van der Waals surface area contributed by atoms with Crippen LogP contribution in [0.3, 0.4) is 0 Å². The normalized spacial score (nSPS) is 19.6. The average Bonchev–Trinajstić information content (AvgIpc) is 2.46. The largest absolute Gasteiger partial charge is 0.467 e. The highest BCUT2D eigenvalue weighted by atomic mass is 19.4. The summed E-state index contributed by atoms with van der Waals surface area (Å²) in [6.45, 7) is 0.843. The topological polar surface area (TPSA) is 56.7 Å². The van der Waals surface area contributed by atoms with Crippen molar-refractivity contribution in [2.45, 2.75) is 12.3 Å². The predicted molar refractivity (Wildman–Crippen MR) is 67.4 cm³/mol. The van der Waals surface area contributed by atoms with Crippen molar-refractivity contribution in [3.8, 4) is 5.88 Å². The minimum absolute atomic E-state index is 0.0632. The van der Waals surface area contributed by atoms with Gasteiger partial charge in [-0.2, -0.15) is 13.2 Å². The van der Waals surface area contributed by atoms with Gasteiger partial charge in [0, 0.05) is 26.3 Å². The number of aromatic nitrogens is 2. The van der Waals surface area contributed by atoms with E-state index in [9.17, 15) is 13.2 Å². The molecule has 9 heteroatoms. The number of alkyl halides is 3. The molecule has 1 saturated heterocycles. The second-order valence-corrected chi connectivity index (χ2v) is 4.53. The Hall–Kier alpha value is -1.61. The summed E-state index contributed by atoms with van der Waals surface area (Å²) in [7, 11) is 1.59. The van der Waals surface area contributed by atoms with Gasteiger partial charge in [0.05, 0.1) is 19.3 Å². The van der Waals surface area contributed by atoms with E-state index in [-0.39, 0.29) is 12.0 Å². The van der Waals surface area contributed by atoms with Crippen molar-refractivity contribution >= 4 is 5.82 Å². The van der Waals surface area contributed by atoms with Gasteiger partial charge in [0.1, 0.15) is 0 Å². The highest BCUT2D eigenvalue weighted by Crippen LogP contribution is 2.19. The summed E-state index contributed by atoms with van der Waals surface area (Å²) in [4.78, 5) is 1.94. The van der Waals surface area contributed by atoms with E-state index < -0.39 is 12.8 Å². The smallest absolute Gasteiger partial charge is 0.422 e. The van der Waals surface area contributed by atoms with Crippen LogP contribution in [0.2, 0.25) is 0 Å². The third-order valence-corrected chi connectivity index (χ3v) is 2.83. The second-order valence-electron chi connectivity index (χ2n) is 4.53. The van der Waals surface area contributed by atoms with Gasteiger partial charge in [-0.25, -0.2) is 0 Å². The van der Waals surface area contributed by atoms with E-state index in [0.29, 0.717) is 32.1 Å². The van der Waals surface area contributed by atoms with Crippen molar-refractivity contribution in [2.24, 2.45) is 0 Å². The molecule has 0 aromatic carbocycles. The fourth-order valence-electron chi connectivity index (χ4n) is 1.93. The van der Waals surface area contributed by atoms with E-state index in [0.717, 1.165) is 0 Å². The van der Waals surface area contributed by atoms with E-state index >= 15 is 0 Å². The Labute approximate surface area is 119 Å². The van der Waals surface area contributed by atoms with E-state index in [1.807, 2.05) is 4.90 Å². The molecule has 2 heterocycles. The molecule has 0 bridgehead atoms. The molecule has 1 fully saturated rings. The number of ether oxygens (including phenoxy) is 3. The summed E-state index contributed by atoms with van der Waals surface area (Å²) in [5, 5.41) is 7.53. The van der Waals surface area contributed by atoms with Crippen LogP contribution in [-0.2, 0) is 9.47 Å². The van der Waals surface area contributed by atoms with Crippen LogP contribution in [0, 0.1) is 0 Å². The molecule has 0 saturated carbocycles. The molecule has 6 nitrogen and oxygen atoms in total. The van der Waals surface area contributed by atoms with Crippen molar-refractivity contribution in [1.29, 1.82) is 0 Å². The minimum Gasteiger partial charge on any atom is -0.467 e. The first-order chi connectivity index (χ1) is 9.98. The third-order valence-electron chi connectivity index (χ3n) is 2.83. The van der Waals surface area contributed by atoms with Crippen molar-refractivity contribution < 1.29 is 27.4 Å². The quantitative estimate of drug-likeness (QED) is 0.816. The van der Waals surface area contributed by atoms with Gasteiger partial charge >= 0.3 is 6.18 Å². The van der Waals surface area contributed by atoms with Gasteiger partial charge in [0.25, 0.3) is 0 Å². The van der Waals surface area contributed by atoms with Crippen molar-refractivity contribution in [3.05, 3.63) is 12.1 Å². The number of rotatable bonds is 5. The molecule has 1 atom stereocenters. The lowest BCUT2D eigenvalue weighted by Crippen LogP contribution is -2.44. The standard InChI is InChI=1S/C12H16F3N3O3/c1-19-7-9-6-18(4-5-20-9)10-2-3-11(17-16-10)21-8-12(13,14)15/h2-3,9H,4-8H2,1H3. The van der Waals surface area contributed by atoms with E-state index in [4.69, 9.17) is 9.47 Å². The number of nitrogens with zero attached hydrogens (tertiary/aromatic N) is 3. The highest BCUT2D eigenvalue weighted by Gasteiger charge is 2.29. The highest BCUT2D eigenvalue weighted by molar-refractivity contribution is 5.38. The zero-order chi connectivity index (χ0) is 15.3. The van der Waals surface area contributed by atoms with Gasteiger partial charge in [-0.3, -0.25) is 0 Å². The third kappa shape index (κ3) is 5.01. The number of hydrogen-bond donors (Lipinski definition) is 0. The summed E-state index contributed by atoms with van der Waals surface area (Å²) < 4.78 is 51.1. The van der Waals surface area contributed by atoms with Crippen molar-refractivity contribution in [2.75, 3.05) is 44.9 Å². The van der Waals surface area contributed by atoms with Gasteiger partial charge < -0.3 is 19.1 Å². The molecule has 0 spiro atoms. The Bertz CT molecular complexity index is 440. The Morgan fingerprint density at radius 1 is 1.38 bits per heavy atom. The summed E-state index contributed by atoms with van der Waals surface area (Å²) in [5.74, 6) is 0.413. The lowest BCUT2D eigenvalue weighted by molar-refractivity contribution is -0.154. The summed E-state index contributed by atoms with van der Waals surface area (Å²) >= 11 is 0. The van der Waals surface area contributed by atoms with Gasteiger partial charge in [0.15, 0.2) is 12.4 Å². The Morgan fingerprint density at radius 2 is 2.19 bits per heavy atom. The molecule has 1 unspecified atom stereocenters. The molecule has 1 aliphatic heterocycles. The maximum Gasteiger partial charge on any atom is 0.422 e. The number of hydrogen-bond acceptors (Lipinski definition) is 6. The van der Waals surface area contributed by atoms with Crippen LogP contribution in [0.1, 0.15) is 0 Å². The number of morpholine rings is 1. The molecule has 118 valence electrons. The number of methoxy groups -OCH3 is 1. The number of halogens is 3. The van der Waals surface area contributed by atoms with Gasteiger partial charge in [-0.1, -0.05) is 0 Å². The molecule has 0 N–H and O–H groups in total. The molecular weight excluding hydrogens is 291 g/mol. The lowest BCUT2D eigenvalue weighted by Gasteiger charge is -2.33. The van der Waals surface area contributed by atoms with Crippen molar-refractivity contribution in [3.63, 3.8) is 0 Å². The molecule has 21 heavy (non-hydrogen) atoms. The summed E-state index contributed by atoms with van der Waals surface area (Å²) in [5.41, 5.74) is 0. The summed E-state index contributed by atoms with van der Waals surface area (Å²) in [6.07, 6.45) is -4.45. The van der Waals surface area contributed by atoms with Crippen LogP contribution in [-0.4, -0.2) is 62.5 Å². The molecule has 0 amide bonds. The predicted octanol–water partition coefficient (Wildman–Crippen LogP) is 1.27. The monoisotopic (exact) mass is 307 g/mol. The molecule has 1 aromatic heterocycles. The molecule has 0 radical (unpaired) electrons. The first-order valence-corrected chi connectivity index (χ1v) is 6.37. The first-order valence-electron chi connectivity index (χ1n) is 6.37. The Morgan fingerprint density at radius 3 is 2.81 bits per heavy atom. The first kappa shape index (κ1) is 15.8. The second kappa shape index (κ2) is 6.90. The fraction of sp³-hybridized carbons (Fsp3) is 0.667. The van der Waals surface area contributed by atoms with Crippen LogP contribution in [0.5, 0.6) is 5.88 Å². The number of anilines is 1. The maximum absolute atomic E-state index is 12.0. The molecule has 1 aromatic rings. The molecule has 2 rings (SSSR count). The molecule has 0 aliphatic carbocycles. The van der Waals surface area contributed by atoms with E-state index in [2.05, 4.69) is 14.9 Å². The Kier molecular flexibility index (Phi) is 5.18. The van der Waals surface area contributed by atoms with Crippen molar-refractivity contribution in [1.82, 2.24) is 10.2 Å².